The van der Waals surface area contributed by atoms with Crippen LogP contribution in [-0.2, 0) is 13.5 Å². The van der Waals surface area contributed by atoms with E-state index in [4.69, 9.17) is 0 Å². The van der Waals surface area contributed by atoms with Gasteiger partial charge in [0.25, 0.3) is 11.5 Å². The fourth-order valence-electron chi connectivity index (χ4n) is 2.79. The molecule has 3 rings (SSSR count). The molecule has 0 atom stereocenters. The second-order valence-corrected chi connectivity index (χ2v) is 5.94. The number of carbonyl (C=O) groups is 1. The average Bonchev–Trinajstić information content (AvgIpc) is 2.86. The number of hydrogen-bond donors (Lipinski definition) is 1. The van der Waals surface area contributed by atoms with E-state index in [0.717, 1.165) is 12.1 Å². The van der Waals surface area contributed by atoms with Gasteiger partial charge in [-0.25, -0.2) is 4.68 Å². The van der Waals surface area contributed by atoms with Crippen LogP contribution in [-0.4, -0.2) is 15.3 Å². The van der Waals surface area contributed by atoms with Crippen molar-refractivity contribution in [2.45, 2.75) is 20.3 Å². The first-order valence-corrected chi connectivity index (χ1v) is 8.27. The van der Waals surface area contributed by atoms with Crippen molar-refractivity contribution in [2.75, 3.05) is 5.32 Å². The molecule has 0 saturated carbocycles. The van der Waals surface area contributed by atoms with E-state index in [-0.39, 0.29) is 11.5 Å². The molecular weight excluding hydrogens is 314 g/mol. The Morgan fingerprint density at radius 3 is 2.28 bits per heavy atom. The van der Waals surface area contributed by atoms with E-state index >= 15 is 0 Å². The Morgan fingerprint density at radius 1 is 1.04 bits per heavy atom. The summed E-state index contributed by atoms with van der Waals surface area (Å²) in [7, 11) is 1.80. The molecule has 5 nitrogen and oxygen atoms in total. The molecule has 128 valence electrons. The number of para-hydroxylation sites is 1. The van der Waals surface area contributed by atoms with Gasteiger partial charge in [0, 0.05) is 12.6 Å². The third-order valence-corrected chi connectivity index (χ3v) is 4.42. The first kappa shape index (κ1) is 16.8. The molecule has 0 aliphatic heterocycles. The molecule has 0 radical (unpaired) electrons. The van der Waals surface area contributed by atoms with Crippen LogP contribution >= 0.6 is 0 Å². The maximum Gasteiger partial charge on any atom is 0.295 e. The first-order chi connectivity index (χ1) is 12.0. The van der Waals surface area contributed by atoms with E-state index in [1.54, 1.807) is 28.5 Å². The van der Waals surface area contributed by atoms with E-state index in [9.17, 15) is 9.59 Å². The highest BCUT2D eigenvalue weighted by atomic mass is 16.2. The zero-order valence-electron chi connectivity index (χ0n) is 14.6. The predicted molar refractivity (Wildman–Crippen MR) is 99.5 cm³/mol. The summed E-state index contributed by atoms with van der Waals surface area (Å²) in [6, 6.07) is 16.8. The maximum absolute atomic E-state index is 12.8. The second kappa shape index (κ2) is 6.81. The summed E-state index contributed by atoms with van der Waals surface area (Å²) < 4.78 is 3.29. The highest BCUT2D eigenvalue weighted by molar-refractivity contribution is 6.04. The molecular formula is C20H21N3O2. The number of benzene rings is 2. The van der Waals surface area contributed by atoms with Crippen molar-refractivity contribution in [3.8, 4) is 5.69 Å². The largest absolute Gasteiger partial charge is 0.316 e. The van der Waals surface area contributed by atoms with Gasteiger partial charge in [-0.15, -0.1) is 0 Å². The fourth-order valence-corrected chi connectivity index (χ4v) is 2.79. The summed E-state index contributed by atoms with van der Waals surface area (Å²) >= 11 is 0. The number of anilines is 1. The Labute approximate surface area is 146 Å². The lowest BCUT2D eigenvalue weighted by atomic mass is 10.1. The van der Waals surface area contributed by atoms with E-state index < -0.39 is 0 Å². The highest BCUT2D eigenvalue weighted by Gasteiger charge is 2.18. The molecule has 0 spiro atoms. The van der Waals surface area contributed by atoms with Gasteiger partial charge in [0.15, 0.2) is 0 Å². The van der Waals surface area contributed by atoms with Gasteiger partial charge in [-0.3, -0.25) is 14.3 Å². The van der Waals surface area contributed by atoms with Crippen LogP contribution < -0.4 is 10.9 Å². The molecule has 2 aromatic carbocycles. The fraction of sp³-hybridized carbons (Fsp3) is 0.200. The maximum atomic E-state index is 12.8. The van der Waals surface area contributed by atoms with E-state index in [1.165, 1.54) is 5.56 Å². The molecule has 1 N–H and O–H groups in total. The van der Waals surface area contributed by atoms with Gasteiger partial charge in [-0.05, 0) is 43.2 Å². The zero-order chi connectivity index (χ0) is 18.0. The van der Waals surface area contributed by atoms with Crippen LogP contribution in [0.5, 0.6) is 0 Å². The zero-order valence-corrected chi connectivity index (χ0v) is 14.6. The van der Waals surface area contributed by atoms with Gasteiger partial charge >= 0.3 is 0 Å². The van der Waals surface area contributed by atoms with Gasteiger partial charge in [0.05, 0.1) is 11.4 Å². The second-order valence-electron chi connectivity index (χ2n) is 5.94. The number of rotatable bonds is 4. The molecule has 0 aliphatic rings. The van der Waals surface area contributed by atoms with Crippen molar-refractivity contribution in [3.05, 3.63) is 81.8 Å². The summed E-state index contributed by atoms with van der Waals surface area (Å²) in [5.74, 6) is -0.284. The van der Waals surface area contributed by atoms with Crippen molar-refractivity contribution in [2.24, 2.45) is 7.05 Å². The van der Waals surface area contributed by atoms with Crippen LogP contribution in [0.3, 0.4) is 0 Å². The number of carbonyl (C=O) groups excluding carboxylic acids is 1. The van der Waals surface area contributed by atoms with Crippen molar-refractivity contribution in [1.82, 2.24) is 9.36 Å². The van der Waals surface area contributed by atoms with Gasteiger partial charge < -0.3 is 5.32 Å². The Kier molecular flexibility index (Phi) is 4.57. The van der Waals surface area contributed by atoms with Crippen LogP contribution in [0.2, 0.25) is 0 Å². The minimum Gasteiger partial charge on any atom is -0.316 e. The number of hydrogen-bond acceptors (Lipinski definition) is 2. The quantitative estimate of drug-likeness (QED) is 0.795. The molecule has 1 amide bonds. The standard InChI is InChI=1S/C20H21N3O2/c1-4-15-10-12-16(13-11-15)19(24)21-18-14(2)22(3)23(20(18)25)17-8-6-5-7-9-17/h5-13H,4H2,1-3H3,(H,21,24). The molecule has 1 heterocycles. The lowest BCUT2D eigenvalue weighted by Crippen LogP contribution is -2.22. The molecule has 0 bridgehead atoms. The topological polar surface area (TPSA) is 56.0 Å². The number of aryl methyl sites for hydroxylation is 1. The molecule has 0 saturated heterocycles. The predicted octanol–water partition coefficient (Wildman–Crippen LogP) is 3.30. The SMILES string of the molecule is CCc1ccc(C(=O)Nc2c(C)n(C)n(-c3ccccc3)c2=O)cc1. The normalized spacial score (nSPS) is 10.7. The molecule has 0 unspecified atom stereocenters. The van der Waals surface area contributed by atoms with Gasteiger partial charge in [-0.2, -0.15) is 0 Å². The van der Waals surface area contributed by atoms with Gasteiger partial charge in [-0.1, -0.05) is 37.3 Å². The van der Waals surface area contributed by atoms with Crippen LogP contribution in [0.25, 0.3) is 5.69 Å². The van der Waals surface area contributed by atoms with Gasteiger partial charge in [0.1, 0.15) is 5.69 Å². The summed E-state index contributed by atoms with van der Waals surface area (Å²) in [5, 5.41) is 2.77. The van der Waals surface area contributed by atoms with Crippen molar-refractivity contribution < 1.29 is 4.79 Å². The Morgan fingerprint density at radius 2 is 1.68 bits per heavy atom. The summed E-state index contributed by atoms with van der Waals surface area (Å²) in [5.41, 5.74) is 3.21. The monoisotopic (exact) mass is 335 g/mol. The lowest BCUT2D eigenvalue weighted by Gasteiger charge is -2.07. The number of nitrogens with zero attached hydrogens (tertiary/aromatic N) is 2. The molecule has 5 heteroatoms. The Bertz CT molecular complexity index is 951. The Hall–Kier alpha value is -3.08. The third-order valence-electron chi connectivity index (χ3n) is 4.42. The number of nitrogens with one attached hydrogen (secondary N) is 1. The van der Waals surface area contributed by atoms with Crippen LogP contribution in [0.15, 0.2) is 59.4 Å². The Balaban J connectivity index is 1.95. The third kappa shape index (κ3) is 3.13. The number of amides is 1. The minimum absolute atomic E-state index is 0.246. The summed E-state index contributed by atoms with van der Waals surface area (Å²) in [4.78, 5) is 25.3. The van der Waals surface area contributed by atoms with Crippen LogP contribution in [0.4, 0.5) is 5.69 Å². The van der Waals surface area contributed by atoms with E-state index in [1.807, 2.05) is 49.4 Å². The summed E-state index contributed by atoms with van der Waals surface area (Å²) in [6.45, 7) is 3.88. The lowest BCUT2D eigenvalue weighted by molar-refractivity contribution is 0.102. The van der Waals surface area contributed by atoms with Crippen LogP contribution in [0.1, 0.15) is 28.5 Å². The molecule has 0 fully saturated rings. The van der Waals surface area contributed by atoms with Crippen molar-refractivity contribution >= 4 is 11.6 Å². The van der Waals surface area contributed by atoms with Crippen LogP contribution in [0, 0.1) is 6.92 Å². The molecule has 3 aromatic rings. The molecule has 0 aliphatic carbocycles. The minimum atomic E-state index is -0.284. The highest BCUT2D eigenvalue weighted by Crippen LogP contribution is 2.15. The molecule has 25 heavy (non-hydrogen) atoms. The van der Waals surface area contributed by atoms with E-state index in [0.29, 0.717) is 16.9 Å². The van der Waals surface area contributed by atoms with Gasteiger partial charge in [0.2, 0.25) is 0 Å². The first-order valence-electron chi connectivity index (χ1n) is 8.27. The smallest absolute Gasteiger partial charge is 0.295 e. The van der Waals surface area contributed by atoms with Crippen molar-refractivity contribution in [1.29, 1.82) is 0 Å². The summed E-state index contributed by atoms with van der Waals surface area (Å²) in [6.07, 6.45) is 0.918. The van der Waals surface area contributed by atoms with Crippen molar-refractivity contribution in [3.63, 3.8) is 0 Å². The molecule has 1 aromatic heterocycles. The van der Waals surface area contributed by atoms with E-state index in [2.05, 4.69) is 12.2 Å². The number of aromatic nitrogens is 2. The average molecular weight is 335 g/mol.